The van der Waals surface area contributed by atoms with E-state index in [1.165, 1.54) is 0 Å². The van der Waals surface area contributed by atoms with E-state index in [1.807, 2.05) is 0 Å². The predicted molar refractivity (Wildman–Crippen MR) is 87.2 cm³/mol. The van der Waals surface area contributed by atoms with Crippen LogP contribution in [0.5, 0.6) is 5.75 Å². The number of hydrogen-bond acceptors (Lipinski definition) is 4. The molecule has 0 aliphatic heterocycles. The van der Waals surface area contributed by atoms with Crippen molar-refractivity contribution in [3.8, 4) is 23.1 Å². The van der Waals surface area contributed by atoms with Gasteiger partial charge in [-0.05, 0) is 35.9 Å². The highest BCUT2D eigenvalue weighted by Gasteiger charge is 2.37. The van der Waals surface area contributed by atoms with Crippen LogP contribution in [0.1, 0.15) is 22.4 Å². The third-order valence-corrected chi connectivity index (χ3v) is 3.97. The SMILES string of the molecule is N#Cc1[nH]nnc1-c1cc(F)c(F)c(OCc2cc(C(F)(F)F)cc(C(F)(F)F)c2)c1. The minimum absolute atomic E-state index is 0.0711. The lowest BCUT2D eigenvalue weighted by Crippen LogP contribution is -2.12. The fraction of sp³-hybridized carbons (Fsp3) is 0.167. The normalized spacial score (nSPS) is 12.0. The van der Waals surface area contributed by atoms with Crippen LogP contribution in [-0.4, -0.2) is 15.4 Å². The van der Waals surface area contributed by atoms with Gasteiger partial charge in [-0.1, -0.05) is 5.21 Å². The second-order valence-corrected chi connectivity index (χ2v) is 6.12. The summed E-state index contributed by atoms with van der Waals surface area (Å²) in [5, 5.41) is 18.1. The number of alkyl halides is 6. The van der Waals surface area contributed by atoms with Crippen LogP contribution in [0.3, 0.4) is 0 Å². The van der Waals surface area contributed by atoms with Crippen molar-refractivity contribution in [2.24, 2.45) is 0 Å². The van der Waals surface area contributed by atoms with Crippen LogP contribution in [0, 0.1) is 23.0 Å². The minimum Gasteiger partial charge on any atom is -0.486 e. The summed E-state index contributed by atoms with van der Waals surface area (Å²) in [5.41, 5.74) is -4.25. The summed E-state index contributed by atoms with van der Waals surface area (Å²) in [6.45, 7) is -0.934. The molecular weight excluding hydrogens is 440 g/mol. The number of hydrogen-bond donors (Lipinski definition) is 1. The Morgan fingerprint density at radius 1 is 0.935 bits per heavy atom. The molecule has 13 heteroatoms. The van der Waals surface area contributed by atoms with Gasteiger partial charge in [-0.3, -0.25) is 0 Å². The Morgan fingerprint density at radius 3 is 2.10 bits per heavy atom. The number of rotatable bonds is 4. The van der Waals surface area contributed by atoms with Crippen LogP contribution in [0.2, 0.25) is 0 Å². The molecule has 1 aromatic heterocycles. The zero-order valence-electron chi connectivity index (χ0n) is 14.9. The fourth-order valence-corrected chi connectivity index (χ4v) is 2.58. The highest BCUT2D eigenvalue weighted by Crippen LogP contribution is 2.37. The number of aromatic amines is 1. The zero-order chi connectivity index (χ0) is 23.0. The molecule has 0 aliphatic rings. The first-order valence-electron chi connectivity index (χ1n) is 8.12. The van der Waals surface area contributed by atoms with E-state index in [2.05, 4.69) is 15.4 Å². The van der Waals surface area contributed by atoms with Gasteiger partial charge in [-0.25, -0.2) is 9.49 Å². The highest BCUT2D eigenvalue weighted by atomic mass is 19.4. The molecule has 0 spiro atoms. The molecule has 0 bridgehead atoms. The van der Waals surface area contributed by atoms with Crippen LogP contribution < -0.4 is 4.74 Å². The number of halogens is 8. The van der Waals surface area contributed by atoms with Crippen molar-refractivity contribution in [1.82, 2.24) is 15.4 Å². The largest absolute Gasteiger partial charge is 0.486 e. The molecule has 2 aromatic carbocycles. The minimum atomic E-state index is -5.08. The van der Waals surface area contributed by atoms with Crippen LogP contribution in [-0.2, 0) is 19.0 Å². The van der Waals surface area contributed by atoms with E-state index in [0.717, 1.165) is 6.07 Å². The van der Waals surface area contributed by atoms with Gasteiger partial charge < -0.3 is 4.74 Å². The van der Waals surface area contributed by atoms with E-state index in [0.29, 0.717) is 18.2 Å². The van der Waals surface area contributed by atoms with Gasteiger partial charge in [0.1, 0.15) is 18.4 Å². The van der Waals surface area contributed by atoms with Gasteiger partial charge in [0.25, 0.3) is 0 Å². The number of aromatic nitrogens is 3. The molecule has 1 heterocycles. The number of nitrogens with zero attached hydrogens (tertiary/aromatic N) is 3. The fourth-order valence-electron chi connectivity index (χ4n) is 2.58. The molecule has 0 saturated carbocycles. The van der Waals surface area contributed by atoms with Crippen molar-refractivity contribution in [1.29, 1.82) is 5.26 Å². The molecule has 1 N–H and O–H groups in total. The van der Waals surface area contributed by atoms with Gasteiger partial charge in [-0.15, -0.1) is 5.10 Å². The molecule has 0 saturated heterocycles. The number of H-pyrrole nitrogens is 1. The standard InChI is InChI=1S/C18H8F8N4O/c19-12-3-9(16-13(6-27)28-30-29-16)4-14(15(12)20)31-7-8-1-10(17(21,22)23)5-11(2-8)18(24,25)26/h1-5H,7H2,(H,28,29,30). The first-order chi connectivity index (χ1) is 14.4. The summed E-state index contributed by atoms with van der Waals surface area (Å²) < 4.78 is 111. The van der Waals surface area contributed by atoms with Gasteiger partial charge in [0.05, 0.1) is 11.1 Å². The Labute approximate surface area is 167 Å². The van der Waals surface area contributed by atoms with Crippen molar-refractivity contribution < 1.29 is 39.9 Å². The lowest BCUT2D eigenvalue weighted by atomic mass is 10.1. The molecule has 0 radical (unpaired) electrons. The van der Waals surface area contributed by atoms with Crippen molar-refractivity contribution >= 4 is 0 Å². The van der Waals surface area contributed by atoms with E-state index in [9.17, 15) is 35.1 Å². The highest BCUT2D eigenvalue weighted by molar-refractivity contribution is 5.66. The molecular formula is C18H8F8N4O. The lowest BCUT2D eigenvalue weighted by Gasteiger charge is -2.15. The zero-order valence-corrected chi connectivity index (χ0v) is 14.9. The first kappa shape index (κ1) is 22.0. The number of ether oxygens (including phenoxy) is 1. The average molecular weight is 448 g/mol. The molecule has 0 fully saturated rings. The monoisotopic (exact) mass is 448 g/mol. The van der Waals surface area contributed by atoms with Crippen molar-refractivity contribution in [3.63, 3.8) is 0 Å². The quantitative estimate of drug-likeness (QED) is 0.555. The number of benzene rings is 2. The van der Waals surface area contributed by atoms with Crippen molar-refractivity contribution in [2.75, 3.05) is 0 Å². The van der Waals surface area contributed by atoms with Gasteiger partial charge in [0.15, 0.2) is 17.3 Å². The molecule has 3 rings (SSSR count). The predicted octanol–water partition coefficient (Wildman–Crippen LogP) is 5.24. The average Bonchev–Trinajstić information content (AvgIpc) is 3.16. The maximum Gasteiger partial charge on any atom is 0.416 e. The van der Waals surface area contributed by atoms with E-state index in [-0.39, 0.29) is 23.0 Å². The van der Waals surface area contributed by atoms with Crippen LogP contribution >= 0.6 is 0 Å². The van der Waals surface area contributed by atoms with Crippen LogP contribution in [0.15, 0.2) is 30.3 Å². The first-order valence-corrected chi connectivity index (χ1v) is 8.12. The lowest BCUT2D eigenvalue weighted by molar-refractivity contribution is -0.143. The molecule has 0 atom stereocenters. The summed E-state index contributed by atoms with van der Waals surface area (Å²) in [5.74, 6) is -3.79. The molecule has 31 heavy (non-hydrogen) atoms. The van der Waals surface area contributed by atoms with Crippen molar-refractivity contribution in [2.45, 2.75) is 19.0 Å². The molecule has 162 valence electrons. The molecule has 0 unspecified atom stereocenters. The Morgan fingerprint density at radius 2 is 1.55 bits per heavy atom. The van der Waals surface area contributed by atoms with Crippen LogP contribution in [0.25, 0.3) is 11.3 Å². The van der Waals surface area contributed by atoms with Gasteiger partial charge in [0, 0.05) is 5.56 Å². The summed E-state index contributed by atoms with van der Waals surface area (Å²) in [6.07, 6.45) is -10.2. The van der Waals surface area contributed by atoms with Gasteiger partial charge >= 0.3 is 12.4 Å². The molecule has 0 aliphatic carbocycles. The molecule has 0 amide bonds. The van der Waals surface area contributed by atoms with E-state index >= 15 is 0 Å². The van der Waals surface area contributed by atoms with Crippen LogP contribution in [0.4, 0.5) is 35.1 Å². The second-order valence-electron chi connectivity index (χ2n) is 6.12. The van der Waals surface area contributed by atoms with Crippen molar-refractivity contribution in [3.05, 3.63) is 64.4 Å². The smallest absolute Gasteiger partial charge is 0.416 e. The Hall–Kier alpha value is -3.69. The Bertz CT molecular complexity index is 1130. The third kappa shape index (κ3) is 4.73. The van der Waals surface area contributed by atoms with Gasteiger partial charge in [0.2, 0.25) is 5.82 Å². The molecule has 5 nitrogen and oxygen atoms in total. The van der Waals surface area contributed by atoms with Gasteiger partial charge in [-0.2, -0.15) is 36.0 Å². The summed E-state index contributed by atoms with van der Waals surface area (Å²) in [4.78, 5) is 0. The topological polar surface area (TPSA) is 74.6 Å². The number of nitrogens with one attached hydrogen (secondary N) is 1. The summed E-state index contributed by atoms with van der Waals surface area (Å²) in [6, 6.07) is 3.97. The second kappa shape index (κ2) is 7.86. The third-order valence-electron chi connectivity index (χ3n) is 3.97. The van der Waals surface area contributed by atoms with E-state index in [4.69, 9.17) is 10.00 Å². The maximum absolute atomic E-state index is 14.1. The summed E-state index contributed by atoms with van der Waals surface area (Å²) in [7, 11) is 0. The Balaban J connectivity index is 1.97. The van der Waals surface area contributed by atoms with E-state index < -0.39 is 53.0 Å². The summed E-state index contributed by atoms with van der Waals surface area (Å²) >= 11 is 0. The number of nitriles is 1. The maximum atomic E-state index is 14.1. The molecule has 3 aromatic rings. The van der Waals surface area contributed by atoms with E-state index in [1.54, 1.807) is 6.07 Å². The Kier molecular flexibility index (Phi) is 5.58.